The van der Waals surface area contributed by atoms with E-state index < -0.39 is 29.6 Å². The first-order valence-corrected chi connectivity index (χ1v) is 16.5. The Morgan fingerprint density at radius 2 is 1.80 bits per heavy atom. The molecule has 1 aliphatic heterocycles. The Hall–Kier alpha value is -5.79. The lowest BCUT2D eigenvalue weighted by atomic mass is 9.84. The maximum absolute atomic E-state index is 13.7. The average Bonchev–Trinajstić information content (AvgIpc) is 3.82. The van der Waals surface area contributed by atoms with E-state index in [9.17, 15) is 24.6 Å². The van der Waals surface area contributed by atoms with Gasteiger partial charge in [-0.25, -0.2) is 4.79 Å². The Balaban J connectivity index is 1.56. The molecule has 3 heterocycles. The summed E-state index contributed by atoms with van der Waals surface area (Å²) in [6, 6.07) is 7.89. The normalized spacial score (nSPS) is 16.0. The summed E-state index contributed by atoms with van der Waals surface area (Å²) in [6.45, 7) is 1.59. The van der Waals surface area contributed by atoms with Crippen LogP contribution < -0.4 is 19.5 Å². The summed E-state index contributed by atoms with van der Waals surface area (Å²) in [4.78, 5) is 43.8. The molecule has 0 saturated carbocycles. The summed E-state index contributed by atoms with van der Waals surface area (Å²) in [5.41, 5.74) is 0.339. The number of allylic oxidation sites excluding steroid dienone is 1. The van der Waals surface area contributed by atoms with Gasteiger partial charge in [0.05, 0.1) is 40.2 Å². The number of methoxy groups -OCH3 is 3. The number of hydrogen-bond donors (Lipinski definition) is 3. The van der Waals surface area contributed by atoms with Gasteiger partial charge in [-0.1, -0.05) is 17.3 Å². The number of nitrogens with one attached hydrogen (secondary N) is 1. The van der Waals surface area contributed by atoms with E-state index in [4.69, 9.17) is 27.9 Å². The maximum atomic E-state index is 13.7. The van der Waals surface area contributed by atoms with Crippen molar-refractivity contribution in [2.75, 3.05) is 21.3 Å². The second-order valence-electron chi connectivity index (χ2n) is 12.0. The zero-order chi connectivity index (χ0) is 36.5. The number of rotatable bonds is 10. The van der Waals surface area contributed by atoms with Crippen LogP contribution in [-0.2, 0) is 20.9 Å². The number of cyclic esters (lactones) is 1. The molecule has 2 aromatic carbocycles. The van der Waals surface area contributed by atoms with Gasteiger partial charge in [0.2, 0.25) is 23.4 Å². The number of furan rings is 1. The van der Waals surface area contributed by atoms with E-state index in [1.54, 1.807) is 43.3 Å². The van der Waals surface area contributed by atoms with Crippen LogP contribution in [0.4, 0.5) is 0 Å². The molecule has 0 saturated heterocycles. The third-order valence-corrected chi connectivity index (χ3v) is 8.53. The molecule has 2 atom stereocenters. The molecule has 0 aliphatic carbocycles. The first-order valence-electron chi connectivity index (χ1n) is 16.5. The summed E-state index contributed by atoms with van der Waals surface area (Å²) in [5, 5.41) is 30.1. The van der Waals surface area contributed by atoms with Gasteiger partial charge >= 0.3 is 5.97 Å². The van der Waals surface area contributed by atoms with Crippen molar-refractivity contribution in [2.24, 2.45) is 0 Å². The number of phenolic OH excluding ortho intramolecular Hbond substituents is 2. The summed E-state index contributed by atoms with van der Waals surface area (Å²) in [6.07, 6.45) is 6.93. The average molecular weight is 704 g/mol. The lowest BCUT2D eigenvalue weighted by Gasteiger charge is -2.24. The number of esters is 1. The molecule has 0 bridgehead atoms. The number of phenols is 2. The van der Waals surface area contributed by atoms with Crippen molar-refractivity contribution in [1.29, 1.82) is 0 Å². The molecule has 51 heavy (non-hydrogen) atoms. The third kappa shape index (κ3) is 8.69. The van der Waals surface area contributed by atoms with Gasteiger partial charge in [-0.15, -0.1) is 0 Å². The summed E-state index contributed by atoms with van der Waals surface area (Å²) in [7, 11) is 4.32. The molecular formula is C37H41N3O11. The van der Waals surface area contributed by atoms with Crippen molar-refractivity contribution in [1.82, 2.24) is 15.5 Å². The molecule has 14 nitrogen and oxygen atoms in total. The number of amides is 1. The molecule has 3 N–H and O–H groups in total. The topological polar surface area (TPSA) is 193 Å². The van der Waals surface area contributed by atoms with E-state index in [1.165, 1.54) is 33.7 Å². The van der Waals surface area contributed by atoms with Gasteiger partial charge in [0.1, 0.15) is 22.8 Å². The fraction of sp³-hybridized carbons (Fsp3) is 0.378. The minimum atomic E-state index is -1.06. The summed E-state index contributed by atoms with van der Waals surface area (Å²) < 4.78 is 32.9. The number of carbonyl (C=O) groups excluding carboxylic acids is 3. The Morgan fingerprint density at radius 1 is 1.06 bits per heavy atom. The van der Waals surface area contributed by atoms with Crippen LogP contribution >= 0.6 is 0 Å². The molecule has 1 aliphatic rings. The highest BCUT2D eigenvalue weighted by atomic mass is 16.5. The van der Waals surface area contributed by atoms with Gasteiger partial charge in [0, 0.05) is 30.7 Å². The summed E-state index contributed by atoms with van der Waals surface area (Å²) >= 11 is 0. The molecule has 1 amide bonds. The second-order valence-corrected chi connectivity index (χ2v) is 12.0. The van der Waals surface area contributed by atoms with Crippen molar-refractivity contribution in [3.8, 4) is 40.3 Å². The number of benzene rings is 2. The fourth-order valence-corrected chi connectivity index (χ4v) is 5.97. The maximum Gasteiger partial charge on any atom is 0.342 e. The fourth-order valence-electron chi connectivity index (χ4n) is 5.97. The monoisotopic (exact) mass is 703 g/mol. The van der Waals surface area contributed by atoms with Crippen molar-refractivity contribution in [3.05, 3.63) is 70.8 Å². The highest BCUT2D eigenvalue weighted by molar-refractivity contribution is 5.98. The van der Waals surface area contributed by atoms with Gasteiger partial charge in [-0.3, -0.25) is 9.59 Å². The van der Waals surface area contributed by atoms with E-state index in [0.717, 1.165) is 0 Å². The number of nitrogens with zero attached hydrogens (tertiary/aromatic N) is 2. The van der Waals surface area contributed by atoms with E-state index in [0.29, 0.717) is 49.8 Å². The zero-order valence-electron chi connectivity index (χ0n) is 28.9. The van der Waals surface area contributed by atoms with E-state index in [-0.39, 0.29) is 70.2 Å². The van der Waals surface area contributed by atoms with Crippen LogP contribution in [0.3, 0.4) is 0 Å². The number of ether oxygens (including phenoxy) is 4. The van der Waals surface area contributed by atoms with E-state index in [1.807, 2.05) is 0 Å². The van der Waals surface area contributed by atoms with Gasteiger partial charge in [0.15, 0.2) is 17.3 Å². The second kappa shape index (κ2) is 16.7. The molecular weight excluding hydrogens is 662 g/mol. The van der Waals surface area contributed by atoms with E-state index >= 15 is 0 Å². The first-order chi connectivity index (χ1) is 24.6. The van der Waals surface area contributed by atoms with Crippen molar-refractivity contribution in [2.45, 2.75) is 70.4 Å². The molecule has 1 unspecified atom stereocenters. The van der Waals surface area contributed by atoms with Crippen LogP contribution in [0.5, 0.6) is 28.7 Å². The van der Waals surface area contributed by atoms with Gasteiger partial charge in [-0.05, 0) is 74.1 Å². The largest absolute Gasteiger partial charge is 0.507 e. The van der Waals surface area contributed by atoms with Crippen LogP contribution in [0, 0.1) is 0 Å². The zero-order valence-corrected chi connectivity index (χ0v) is 28.9. The number of fused-ring (bicyclic) bond motifs is 1. The van der Waals surface area contributed by atoms with E-state index in [2.05, 4.69) is 15.5 Å². The number of Topliss-reactive ketones (excluding diaryl/α,β-unsaturated/α-hetero) is 1. The lowest BCUT2D eigenvalue weighted by Crippen LogP contribution is -2.25. The van der Waals surface area contributed by atoms with Gasteiger partial charge in [-0.2, -0.15) is 4.98 Å². The van der Waals surface area contributed by atoms with Gasteiger partial charge in [0.25, 0.3) is 0 Å². The van der Waals surface area contributed by atoms with Crippen molar-refractivity contribution < 1.29 is 52.5 Å². The SMILES string of the molecule is COc1cc(C(CC(=O)NCc2nc(-c3ccco3)no2)c2c(O)cc3c(c2O)C(=O)O[C@@H](C)CCCC(=O)CCCC=C3)cc(OC)c1OC. The van der Waals surface area contributed by atoms with Crippen LogP contribution in [0.1, 0.15) is 90.7 Å². The number of aromatic nitrogens is 2. The van der Waals surface area contributed by atoms with Crippen LogP contribution in [0.25, 0.3) is 17.7 Å². The highest BCUT2D eigenvalue weighted by Gasteiger charge is 2.32. The minimum absolute atomic E-state index is 0.0965. The molecule has 14 heteroatoms. The first kappa shape index (κ1) is 36.5. The molecule has 5 rings (SSSR count). The Labute approximate surface area is 294 Å². The quantitative estimate of drug-likeness (QED) is 0.161. The molecule has 0 radical (unpaired) electrons. The highest BCUT2D eigenvalue weighted by Crippen LogP contribution is 2.47. The van der Waals surface area contributed by atoms with Crippen LogP contribution in [-0.4, -0.2) is 65.4 Å². The third-order valence-electron chi connectivity index (χ3n) is 8.53. The predicted octanol–water partition coefficient (Wildman–Crippen LogP) is 6.09. The van der Waals surface area contributed by atoms with Crippen molar-refractivity contribution in [3.63, 3.8) is 0 Å². The molecule has 4 aromatic rings. The minimum Gasteiger partial charge on any atom is -0.507 e. The number of aromatic hydroxyl groups is 2. The Bertz CT molecular complexity index is 1860. The molecule has 270 valence electrons. The summed E-state index contributed by atoms with van der Waals surface area (Å²) in [5.74, 6) is -1.64. The van der Waals surface area contributed by atoms with Crippen molar-refractivity contribution >= 4 is 23.7 Å². The smallest absolute Gasteiger partial charge is 0.342 e. The Kier molecular flexibility index (Phi) is 12.0. The molecule has 0 spiro atoms. The molecule has 0 fully saturated rings. The van der Waals surface area contributed by atoms with Crippen LogP contribution in [0.15, 0.2) is 51.6 Å². The standard InChI is InChI=1S/C37H41N3O11/c1-21-10-8-13-24(41)12-7-5-6-11-22-16-26(42)33(34(44)32(22)37(45)50-21)25(23-17-28(46-2)35(48-4)29(18-23)47-3)19-30(43)38-20-31-39-36(40-51-31)27-14-9-15-49-27/h6,9,11,14-18,21,25,42,44H,5,7-8,10,12-13,19-20H2,1-4H3,(H,38,43)/t21-,25?/m0/s1. The number of ketones is 1. The number of carbonyl (C=O) groups is 3. The predicted molar refractivity (Wildman–Crippen MR) is 183 cm³/mol. The molecule has 2 aromatic heterocycles. The van der Waals surface area contributed by atoms with Gasteiger partial charge < -0.3 is 43.4 Å². The van der Waals surface area contributed by atoms with Crippen LogP contribution in [0.2, 0.25) is 0 Å². The number of hydrogen-bond acceptors (Lipinski definition) is 13. The Morgan fingerprint density at radius 3 is 2.49 bits per heavy atom. The lowest BCUT2D eigenvalue weighted by molar-refractivity contribution is -0.121.